The van der Waals surface area contributed by atoms with Crippen molar-refractivity contribution in [3.63, 3.8) is 0 Å². The number of alkyl halides is 3. The number of amides is 3. The van der Waals surface area contributed by atoms with E-state index in [0.29, 0.717) is 11.1 Å². The summed E-state index contributed by atoms with van der Waals surface area (Å²) in [7, 11) is 3.08. The van der Waals surface area contributed by atoms with Crippen LogP contribution in [0.25, 0.3) is 0 Å². The van der Waals surface area contributed by atoms with Gasteiger partial charge in [0.15, 0.2) is 0 Å². The van der Waals surface area contributed by atoms with Crippen LogP contribution in [0.3, 0.4) is 0 Å². The molecule has 184 valence electrons. The zero-order chi connectivity index (χ0) is 25.9. The van der Waals surface area contributed by atoms with E-state index < -0.39 is 40.5 Å². The molecule has 0 radical (unpaired) electrons. The number of hydrogen-bond acceptors (Lipinski definition) is 8. The summed E-state index contributed by atoms with van der Waals surface area (Å²) >= 11 is 6.45. The topological polar surface area (TPSA) is 130 Å². The van der Waals surface area contributed by atoms with Crippen LogP contribution in [0.2, 0.25) is 5.02 Å². The van der Waals surface area contributed by atoms with Gasteiger partial charge in [-0.15, -0.1) is 11.3 Å². The smallest absolute Gasteiger partial charge is 0.343 e. The zero-order valence-corrected chi connectivity index (χ0v) is 19.9. The molecular formula is C20H17ClF3N7O3S. The Morgan fingerprint density at radius 3 is 2.37 bits per heavy atom. The lowest BCUT2D eigenvalue weighted by atomic mass is 10.2. The molecule has 0 aliphatic rings. The van der Waals surface area contributed by atoms with Crippen LogP contribution in [0.1, 0.15) is 54.2 Å². The Kier molecular flexibility index (Phi) is 7.65. The highest BCUT2D eigenvalue weighted by atomic mass is 35.5. The second kappa shape index (κ2) is 10.3. The van der Waals surface area contributed by atoms with Gasteiger partial charge in [0, 0.05) is 26.4 Å². The fourth-order valence-electron chi connectivity index (χ4n) is 2.65. The molecule has 3 heterocycles. The first-order valence-corrected chi connectivity index (χ1v) is 10.9. The second-order valence-electron chi connectivity index (χ2n) is 7.25. The van der Waals surface area contributed by atoms with Crippen molar-refractivity contribution < 1.29 is 27.6 Å². The SMILES string of the molecule is CC(NC(=O)c1cc(C(=O)N(C)C)ncn1)c1ncc(C(=O)Nc2cc(C(F)(F)F)c(Cl)cn2)s1. The maximum absolute atomic E-state index is 13.0. The van der Waals surface area contributed by atoms with E-state index in [1.807, 2.05) is 0 Å². The van der Waals surface area contributed by atoms with Gasteiger partial charge in [0.2, 0.25) is 0 Å². The minimum Gasteiger partial charge on any atom is -0.343 e. The Balaban J connectivity index is 1.68. The molecule has 0 aromatic carbocycles. The molecule has 0 aliphatic heterocycles. The van der Waals surface area contributed by atoms with Crippen LogP contribution in [0.15, 0.2) is 30.9 Å². The average molecular weight is 528 g/mol. The molecular weight excluding hydrogens is 511 g/mol. The second-order valence-corrected chi connectivity index (χ2v) is 8.72. The van der Waals surface area contributed by atoms with Gasteiger partial charge in [0.05, 0.1) is 22.8 Å². The van der Waals surface area contributed by atoms with Crippen molar-refractivity contribution in [1.82, 2.24) is 30.2 Å². The summed E-state index contributed by atoms with van der Waals surface area (Å²) in [6, 6.07) is 1.23. The number of nitrogens with one attached hydrogen (secondary N) is 2. The number of halogens is 4. The summed E-state index contributed by atoms with van der Waals surface area (Å²) in [5, 5.41) is 4.67. The molecule has 0 fully saturated rings. The predicted molar refractivity (Wildman–Crippen MR) is 120 cm³/mol. The summed E-state index contributed by atoms with van der Waals surface area (Å²) in [5.41, 5.74) is -1.13. The first-order chi connectivity index (χ1) is 16.4. The third-order valence-electron chi connectivity index (χ3n) is 4.39. The van der Waals surface area contributed by atoms with Crippen molar-refractivity contribution >= 4 is 46.5 Å². The molecule has 2 N–H and O–H groups in total. The molecule has 3 amide bonds. The molecule has 1 unspecified atom stereocenters. The van der Waals surface area contributed by atoms with Crippen molar-refractivity contribution in [1.29, 1.82) is 0 Å². The molecule has 0 spiro atoms. The molecule has 3 rings (SSSR count). The van der Waals surface area contributed by atoms with Gasteiger partial charge >= 0.3 is 6.18 Å². The number of nitrogens with zero attached hydrogens (tertiary/aromatic N) is 5. The monoisotopic (exact) mass is 527 g/mol. The minimum atomic E-state index is -4.71. The first kappa shape index (κ1) is 26.0. The van der Waals surface area contributed by atoms with E-state index in [2.05, 4.69) is 30.6 Å². The van der Waals surface area contributed by atoms with E-state index in [4.69, 9.17) is 11.6 Å². The van der Waals surface area contributed by atoms with Crippen LogP contribution in [0.4, 0.5) is 19.0 Å². The highest BCUT2D eigenvalue weighted by Gasteiger charge is 2.34. The summed E-state index contributed by atoms with van der Waals surface area (Å²) in [6.45, 7) is 1.61. The first-order valence-electron chi connectivity index (χ1n) is 9.71. The number of pyridine rings is 1. The van der Waals surface area contributed by atoms with E-state index in [0.717, 1.165) is 23.9 Å². The normalized spacial score (nSPS) is 12.1. The number of rotatable bonds is 6. The maximum atomic E-state index is 13.0. The molecule has 0 saturated heterocycles. The lowest BCUT2D eigenvalue weighted by molar-refractivity contribution is -0.137. The highest BCUT2D eigenvalue weighted by Crippen LogP contribution is 2.35. The van der Waals surface area contributed by atoms with Crippen LogP contribution >= 0.6 is 22.9 Å². The number of anilines is 1. The Labute approximate surface area is 205 Å². The maximum Gasteiger partial charge on any atom is 0.418 e. The van der Waals surface area contributed by atoms with Crippen molar-refractivity contribution in [2.75, 3.05) is 19.4 Å². The quantitative estimate of drug-likeness (QED) is 0.502. The summed E-state index contributed by atoms with van der Waals surface area (Å²) < 4.78 is 39.0. The largest absolute Gasteiger partial charge is 0.418 e. The molecule has 35 heavy (non-hydrogen) atoms. The Morgan fingerprint density at radius 1 is 1.03 bits per heavy atom. The van der Waals surface area contributed by atoms with Crippen molar-refractivity contribution in [2.45, 2.75) is 19.1 Å². The molecule has 0 bridgehead atoms. The lowest BCUT2D eigenvalue weighted by Crippen LogP contribution is -2.28. The number of carbonyl (C=O) groups is 3. The molecule has 3 aromatic heterocycles. The van der Waals surface area contributed by atoms with Crippen LogP contribution in [-0.4, -0.2) is 56.7 Å². The van der Waals surface area contributed by atoms with Gasteiger partial charge in [-0.1, -0.05) is 11.6 Å². The van der Waals surface area contributed by atoms with E-state index in [-0.39, 0.29) is 22.1 Å². The van der Waals surface area contributed by atoms with Crippen LogP contribution in [0, 0.1) is 0 Å². The van der Waals surface area contributed by atoms with Gasteiger partial charge in [0.1, 0.15) is 33.4 Å². The predicted octanol–water partition coefficient (Wildman–Crippen LogP) is 3.45. The number of thiazole rings is 1. The summed E-state index contributed by atoms with van der Waals surface area (Å²) in [4.78, 5) is 53.9. The summed E-state index contributed by atoms with van der Waals surface area (Å²) in [6.07, 6.45) is -1.61. The van der Waals surface area contributed by atoms with Gasteiger partial charge < -0.3 is 15.5 Å². The summed E-state index contributed by atoms with van der Waals surface area (Å²) in [5.74, 6) is -2.07. The number of aromatic nitrogens is 4. The van der Waals surface area contributed by atoms with E-state index in [1.165, 1.54) is 17.2 Å². The molecule has 15 heteroatoms. The van der Waals surface area contributed by atoms with Gasteiger partial charge in [0.25, 0.3) is 17.7 Å². The standard InChI is InChI=1S/C20H17ClF3N7O3S/c1-9(29-16(32)12-5-13(28-8-27-12)19(34)31(2)3)18-26-7-14(35-18)17(33)30-15-4-10(20(22,23)24)11(21)6-25-15/h4-9H,1-3H3,(H,29,32)(H,25,30,33). The fourth-order valence-corrected chi connectivity index (χ4v) is 3.68. The van der Waals surface area contributed by atoms with Crippen LogP contribution < -0.4 is 10.6 Å². The Bertz CT molecular complexity index is 1280. The third kappa shape index (κ3) is 6.27. The molecule has 1 atom stereocenters. The number of carbonyl (C=O) groups excluding carboxylic acids is 3. The molecule has 3 aromatic rings. The van der Waals surface area contributed by atoms with Crippen molar-refractivity contribution in [2.24, 2.45) is 0 Å². The third-order valence-corrected chi connectivity index (χ3v) is 5.87. The molecule has 10 nitrogen and oxygen atoms in total. The van der Waals surface area contributed by atoms with Gasteiger partial charge in [-0.25, -0.2) is 19.9 Å². The zero-order valence-electron chi connectivity index (χ0n) is 18.3. The highest BCUT2D eigenvalue weighted by molar-refractivity contribution is 7.13. The van der Waals surface area contributed by atoms with Crippen LogP contribution in [-0.2, 0) is 6.18 Å². The minimum absolute atomic E-state index is 0.0409. The lowest BCUT2D eigenvalue weighted by Gasteiger charge is -2.12. The van der Waals surface area contributed by atoms with E-state index in [9.17, 15) is 27.6 Å². The van der Waals surface area contributed by atoms with E-state index >= 15 is 0 Å². The Hall–Kier alpha value is -3.65. The van der Waals surface area contributed by atoms with E-state index in [1.54, 1.807) is 21.0 Å². The van der Waals surface area contributed by atoms with Crippen molar-refractivity contribution in [3.8, 4) is 0 Å². The average Bonchev–Trinajstić information content (AvgIpc) is 3.30. The van der Waals surface area contributed by atoms with Gasteiger partial charge in [-0.05, 0) is 13.0 Å². The Morgan fingerprint density at radius 2 is 1.71 bits per heavy atom. The van der Waals surface area contributed by atoms with Gasteiger partial charge in [-0.2, -0.15) is 13.2 Å². The van der Waals surface area contributed by atoms with Crippen molar-refractivity contribution in [3.05, 3.63) is 62.7 Å². The molecule has 0 saturated carbocycles. The van der Waals surface area contributed by atoms with Crippen LogP contribution in [0.5, 0.6) is 0 Å². The number of hydrogen-bond donors (Lipinski definition) is 2. The fraction of sp³-hybridized carbons (Fsp3) is 0.250. The molecule has 0 aliphatic carbocycles. The van der Waals surface area contributed by atoms with Gasteiger partial charge in [-0.3, -0.25) is 14.4 Å².